The minimum Gasteiger partial charge on any atom is -0.327 e. The summed E-state index contributed by atoms with van der Waals surface area (Å²) < 4.78 is 0. The summed E-state index contributed by atoms with van der Waals surface area (Å²) in [6.45, 7) is 6.52. The van der Waals surface area contributed by atoms with Gasteiger partial charge in [-0.2, -0.15) is 0 Å². The average molecular weight is 115 g/mol. The molecule has 0 saturated carbocycles. The molecule has 0 aliphatic heterocycles. The first-order valence-corrected chi connectivity index (χ1v) is 3.47. The fourth-order valence-corrected chi connectivity index (χ4v) is 0.705. The zero-order valence-corrected chi connectivity index (χ0v) is 6.15. The van der Waals surface area contributed by atoms with E-state index in [0.29, 0.717) is 12.0 Å². The van der Waals surface area contributed by atoms with Gasteiger partial charge in [0.25, 0.3) is 0 Å². The molecule has 0 aliphatic rings. The Morgan fingerprint density at radius 3 is 1.88 bits per heavy atom. The molecular formula is C7H17N. The summed E-state index contributed by atoms with van der Waals surface area (Å²) in [7, 11) is 0. The van der Waals surface area contributed by atoms with E-state index in [1.165, 1.54) is 6.42 Å². The van der Waals surface area contributed by atoms with Gasteiger partial charge in [0.15, 0.2) is 0 Å². The van der Waals surface area contributed by atoms with Gasteiger partial charge in [-0.25, -0.2) is 0 Å². The maximum Gasteiger partial charge on any atom is 0.00618 e. The maximum atomic E-state index is 5.73. The molecule has 0 heterocycles. The van der Waals surface area contributed by atoms with Crippen LogP contribution in [0.4, 0.5) is 0 Å². The quantitative estimate of drug-likeness (QED) is 0.596. The molecule has 0 aromatic carbocycles. The van der Waals surface area contributed by atoms with Crippen LogP contribution in [0.5, 0.6) is 0 Å². The molecule has 0 rings (SSSR count). The first-order valence-electron chi connectivity index (χ1n) is 3.47. The summed E-state index contributed by atoms with van der Waals surface area (Å²) in [5.74, 6) is 0.694. The van der Waals surface area contributed by atoms with Gasteiger partial charge in [-0.1, -0.05) is 27.2 Å². The van der Waals surface area contributed by atoms with Crippen molar-refractivity contribution < 1.29 is 0 Å². The highest BCUT2D eigenvalue weighted by atomic mass is 14.6. The Morgan fingerprint density at radius 1 is 1.25 bits per heavy atom. The average Bonchev–Trinajstić information content (AvgIpc) is 1.84. The summed E-state index contributed by atoms with van der Waals surface area (Å²) in [6.07, 6.45) is 2.31. The molecule has 1 heteroatoms. The normalized spacial score (nSPS) is 18.0. The lowest BCUT2D eigenvalue weighted by atomic mass is 9.98. The van der Waals surface area contributed by atoms with Crippen molar-refractivity contribution in [3.05, 3.63) is 0 Å². The minimum absolute atomic E-state index is 0.417. The van der Waals surface area contributed by atoms with Crippen molar-refractivity contribution >= 4 is 0 Å². The van der Waals surface area contributed by atoms with Crippen LogP contribution < -0.4 is 5.73 Å². The van der Waals surface area contributed by atoms with Gasteiger partial charge in [0, 0.05) is 6.04 Å². The van der Waals surface area contributed by atoms with Gasteiger partial charge in [-0.3, -0.25) is 0 Å². The van der Waals surface area contributed by atoms with E-state index in [2.05, 4.69) is 20.8 Å². The van der Waals surface area contributed by atoms with Crippen LogP contribution in [0.3, 0.4) is 0 Å². The summed E-state index contributed by atoms with van der Waals surface area (Å²) in [4.78, 5) is 0. The monoisotopic (exact) mass is 115 g/mol. The molecule has 2 N–H and O–H groups in total. The van der Waals surface area contributed by atoms with E-state index in [9.17, 15) is 0 Å². The van der Waals surface area contributed by atoms with Crippen molar-refractivity contribution in [2.45, 2.75) is 39.7 Å². The van der Waals surface area contributed by atoms with E-state index >= 15 is 0 Å². The van der Waals surface area contributed by atoms with E-state index in [1.807, 2.05) is 0 Å². The van der Waals surface area contributed by atoms with Gasteiger partial charge in [0.1, 0.15) is 0 Å². The SMILES string of the molecule is CC[C@@H](C)[C@H](N)CC. The van der Waals surface area contributed by atoms with Crippen LogP contribution in [0.25, 0.3) is 0 Å². The lowest BCUT2D eigenvalue weighted by Gasteiger charge is -2.14. The highest BCUT2D eigenvalue weighted by Gasteiger charge is 2.05. The van der Waals surface area contributed by atoms with E-state index in [0.717, 1.165) is 6.42 Å². The highest BCUT2D eigenvalue weighted by molar-refractivity contribution is 4.64. The van der Waals surface area contributed by atoms with E-state index in [1.54, 1.807) is 0 Å². The van der Waals surface area contributed by atoms with E-state index < -0.39 is 0 Å². The maximum absolute atomic E-state index is 5.73. The summed E-state index contributed by atoms with van der Waals surface area (Å²) in [5.41, 5.74) is 5.73. The smallest absolute Gasteiger partial charge is 0.00618 e. The number of nitrogens with two attached hydrogens (primary N) is 1. The highest BCUT2D eigenvalue weighted by Crippen LogP contribution is 2.06. The molecule has 0 unspecified atom stereocenters. The van der Waals surface area contributed by atoms with Gasteiger partial charge in [0.05, 0.1) is 0 Å². The molecule has 0 fully saturated rings. The van der Waals surface area contributed by atoms with Crippen molar-refractivity contribution in [1.29, 1.82) is 0 Å². The standard InChI is InChI=1S/C7H17N/c1-4-6(3)7(8)5-2/h6-7H,4-5,8H2,1-3H3/t6-,7-/m1/s1. The molecule has 0 aromatic rings. The number of hydrogen-bond acceptors (Lipinski definition) is 1. The Kier molecular flexibility index (Phi) is 3.88. The van der Waals surface area contributed by atoms with Gasteiger partial charge in [-0.15, -0.1) is 0 Å². The molecule has 0 spiro atoms. The number of rotatable bonds is 3. The van der Waals surface area contributed by atoms with Crippen LogP contribution in [0.15, 0.2) is 0 Å². The second-order valence-electron chi connectivity index (χ2n) is 2.46. The Hall–Kier alpha value is -0.0400. The second-order valence-corrected chi connectivity index (χ2v) is 2.46. The topological polar surface area (TPSA) is 26.0 Å². The first-order chi connectivity index (χ1) is 3.72. The van der Waals surface area contributed by atoms with Crippen LogP contribution in [0.1, 0.15) is 33.6 Å². The summed E-state index contributed by atoms with van der Waals surface area (Å²) in [5, 5.41) is 0. The third-order valence-electron chi connectivity index (χ3n) is 1.85. The molecule has 0 radical (unpaired) electrons. The van der Waals surface area contributed by atoms with Crippen molar-refractivity contribution in [2.24, 2.45) is 11.7 Å². The van der Waals surface area contributed by atoms with Gasteiger partial charge in [0.2, 0.25) is 0 Å². The zero-order chi connectivity index (χ0) is 6.57. The predicted molar refractivity (Wildman–Crippen MR) is 37.7 cm³/mol. The third kappa shape index (κ3) is 2.31. The van der Waals surface area contributed by atoms with Crippen LogP contribution >= 0.6 is 0 Å². The van der Waals surface area contributed by atoms with Crippen LogP contribution in [0.2, 0.25) is 0 Å². The molecule has 0 amide bonds. The molecule has 0 aliphatic carbocycles. The molecule has 0 aromatic heterocycles. The third-order valence-corrected chi connectivity index (χ3v) is 1.85. The molecule has 0 saturated heterocycles. The predicted octanol–water partition coefficient (Wildman–Crippen LogP) is 1.77. The summed E-state index contributed by atoms with van der Waals surface area (Å²) in [6, 6.07) is 0.417. The lowest BCUT2D eigenvalue weighted by molar-refractivity contribution is 0.432. The van der Waals surface area contributed by atoms with Crippen LogP contribution in [-0.4, -0.2) is 6.04 Å². The molecule has 8 heavy (non-hydrogen) atoms. The Balaban J connectivity index is 3.29. The van der Waals surface area contributed by atoms with E-state index in [-0.39, 0.29) is 0 Å². The Bertz CT molecular complexity index is 44.3. The molecule has 50 valence electrons. The molecule has 1 nitrogen and oxygen atoms in total. The van der Waals surface area contributed by atoms with Crippen molar-refractivity contribution in [3.8, 4) is 0 Å². The van der Waals surface area contributed by atoms with Crippen molar-refractivity contribution in [1.82, 2.24) is 0 Å². The Morgan fingerprint density at radius 2 is 1.75 bits per heavy atom. The number of hydrogen-bond donors (Lipinski definition) is 1. The molecule has 2 atom stereocenters. The second kappa shape index (κ2) is 3.90. The molecular weight excluding hydrogens is 98.1 g/mol. The lowest BCUT2D eigenvalue weighted by Crippen LogP contribution is -2.26. The largest absolute Gasteiger partial charge is 0.327 e. The Labute approximate surface area is 52.3 Å². The fourth-order valence-electron chi connectivity index (χ4n) is 0.705. The van der Waals surface area contributed by atoms with Crippen LogP contribution in [-0.2, 0) is 0 Å². The van der Waals surface area contributed by atoms with Gasteiger partial charge in [-0.05, 0) is 12.3 Å². The zero-order valence-electron chi connectivity index (χ0n) is 6.15. The van der Waals surface area contributed by atoms with Gasteiger partial charge < -0.3 is 5.73 Å². The minimum atomic E-state index is 0.417. The molecule has 0 bridgehead atoms. The van der Waals surface area contributed by atoms with Crippen LogP contribution in [0, 0.1) is 5.92 Å². The van der Waals surface area contributed by atoms with Crippen molar-refractivity contribution in [2.75, 3.05) is 0 Å². The van der Waals surface area contributed by atoms with Crippen molar-refractivity contribution in [3.63, 3.8) is 0 Å². The van der Waals surface area contributed by atoms with E-state index in [4.69, 9.17) is 5.73 Å². The van der Waals surface area contributed by atoms with Gasteiger partial charge >= 0.3 is 0 Å². The first kappa shape index (κ1) is 7.96. The fraction of sp³-hybridized carbons (Fsp3) is 1.00. The summed E-state index contributed by atoms with van der Waals surface area (Å²) >= 11 is 0.